The molecule has 7 rings (SSSR count). The molecule has 2 N–H and O–H groups in total. The smallest absolute Gasteiger partial charge is 0.244 e. The lowest BCUT2D eigenvalue weighted by Gasteiger charge is -2.45. The van der Waals surface area contributed by atoms with Gasteiger partial charge in [0.2, 0.25) is 17.7 Å². The summed E-state index contributed by atoms with van der Waals surface area (Å²) < 4.78 is 0. The fraction of sp³-hybridized carbons (Fsp3) is 0.192. The van der Waals surface area contributed by atoms with E-state index in [0.29, 0.717) is 5.69 Å². The molecule has 3 aromatic rings. The Bertz CT molecular complexity index is 1180. The quantitative estimate of drug-likeness (QED) is 0.632. The van der Waals surface area contributed by atoms with Crippen molar-refractivity contribution in [2.75, 3.05) is 11.9 Å². The van der Waals surface area contributed by atoms with Gasteiger partial charge in [0.1, 0.15) is 12.3 Å². The van der Waals surface area contributed by atoms with E-state index in [-0.39, 0.29) is 35.9 Å². The minimum atomic E-state index is -0.495. The number of amides is 3. The van der Waals surface area contributed by atoms with Crippen LogP contribution in [0.3, 0.4) is 0 Å². The van der Waals surface area contributed by atoms with Gasteiger partial charge in [0.05, 0.1) is 11.8 Å². The number of nitrogens with one attached hydrogen (secondary N) is 1. The fourth-order valence-corrected chi connectivity index (χ4v) is 5.82. The molecule has 2 bridgehead atoms. The van der Waals surface area contributed by atoms with Crippen LogP contribution in [0.4, 0.5) is 5.69 Å². The van der Waals surface area contributed by atoms with E-state index in [0.717, 1.165) is 27.2 Å². The number of phenolic OH excluding ortho intramolecular Hbond substituents is 1. The van der Waals surface area contributed by atoms with E-state index in [1.54, 1.807) is 12.1 Å². The lowest BCUT2D eigenvalue weighted by molar-refractivity contribution is -0.142. The predicted octanol–water partition coefficient (Wildman–Crippen LogP) is 3.22. The van der Waals surface area contributed by atoms with Crippen LogP contribution in [0.2, 0.25) is 0 Å². The molecule has 1 saturated heterocycles. The molecule has 0 unspecified atom stereocenters. The molecule has 3 amide bonds. The second-order valence-corrected chi connectivity index (χ2v) is 8.63. The molecular weight excluding hydrogens is 404 g/mol. The molecule has 6 nitrogen and oxygen atoms in total. The largest absolute Gasteiger partial charge is 0.508 e. The van der Waals surface area contributed by atoms with Gasteiger partial charge in [-0.05, 0) is 34.4 Å². The SMILES string of the molecule is O=C(CN1C(=O)[C@@H]2C3c4ccccc4C(c4ccccc43)[C@@H]2C1=O)Nc1cccc(O)c1. The second-order valence-electron chi connectivity index (χ2n) is 8.63. The third-order valence-electron chi connectivity index (χ3n) is 6.97. The first-order valence-corrected chi connectivity index (χ1v) is 10.7. The third-order valence-corrected chi connectivity index (χ3v) is 6.97. The molecule has 0 radical (unpaired) electrons. The van der Waals surface area contributed by atoms with Crippen LogP contribution in [0.1, 0.15) is 34.1 Å². The van der Waals surface area contributed by atoms with E-state index in [1.807, 2.05) is 48.5 Å². The molecule has 1 aliphatic heterocycles. The number of anilines is 1. The van der Waals surface area contributed by atoms with Crippen LogP contribution >= 0.6 is 0 Å². The zero-order valence-electron chi connectivity index (χ0n) is 17.1. The Morgan fingerprint density at radius 2 is 1.28 bits per heavy atom. The van der Waals surface area contributed by atoms with Crippen molar-refractivity contribution < 1.29 is 19.5 Å². The lowest BCUT2D eigenvalue weighted by Crippen LogP contribution is -2.41. The number of carbonyl (C=O) groups excluding carboxylic acids is 3. The molecule has 1 heterocycles. The number of benzene rings is 3. The molecule has 2 atom stereocenters. The summed E-state index contributed by atoms with van der Waals surface area (Å²) in [6.07, 6.45) is 0. The van der Waals surface area contributed by atoms with Crippen molar-refractivity contribution in [3.8, 4) is 5.75 Å². The van der Waals surface area contributed by atoms with Gasteiger partial charge in [-0.15, -0.1) is 0 Å². The predicted molar refractivity (Wildman–Crippen MR) is 117 cm³/mol. The summed E-state index contributed by atoms with van der Waals surface area (Å²) in [6, 6.07) is 22.2. The maximum atomic E-state index is 13.5. The molecule has 6 heteroatoms. The van der Waals surface area contributed by atoms with Gasteiger partial charge in [-0.3, -0.25) is 19.3 Å². The number of hydrogen-bond donors (Lipinski definition) is 2. The Balaban J connectivity index is 1.35. The van der Waals surface area contributed by atoms with Crippen LogP contribution in [0.15, 0.2) is 72.8 Å². The molecule has 1 fully saturated rings. The van der Waals surface area contributed by atoms with Gasteiger partial charge in [-0.25, -0.2) is 0 Å². The van der Waals surface area contributed by atoms with Crippen molar-refractivity contribution in [1.29, 1.82) is 0 Å². The maximum Gasteiger partial charge on any atom is 0.244 e. The summed E-state index contributed by atoms with van der Waals surface area (Å²) in [7, 11) is 0. The van der Waals surface area contributed by atoms with Gasteiger partial charge in [-0.2, -0.15) is 0 Å². The van der Waals surface area contributed by atoms with Crippen LogP contribution in [0.25, 0.3) is 0 Å². The van der Waals surface area contributed by atoms with Crippen LogP contribution in [0, 0.1) is 11.8 Å². The van der Waals surface area contributed by atoms with E-state index in [1.165, 1.54) is 12.1 Å². The molecular formula is C26H20N2O4. The Labute approximate surface area is 184 Å². The number of imide groups is 1. The summed E-state index contributed by atoms with van der Waals surface area (Å²) in [6.45, 7) is -0.341. The van der Waals surface area contributed by atoms with Gasteiger partial charge in [-0.1, -0.05) is 54.6 Å². The molecule has 3 aromatic carbocycles. The van der Waals surface area contributed by atoms with E-state index in [2.05, 4.69) is 5.32 Å². The van der Waals surface area contributed by atoms with Crippen molar-refractivity contribution in [1.82, 2.24) is 4.90 Å². The summed E-state index contributed by atoms with van der Waals surface area (Å²) in [5.74, 6) is -2.39. The highest BCUT2D eigenvalue weighted by Gasteiger charge is 2.61. The summed E-state index contributed by atoms with van der Waals surface area (Å²) in [5, 5.41) is 12.3. The maximum absolute atomic E-state index is 13.5. The summed E-state index contributed by atoms with van der Waals surface area (Å²) >= 11 is 0. The summed E-state index contributed by atoms with van der Waals surface area (Å²) in [4.78, 5) is 40.7. The minimum Gasteiger partial charge on any atom is -0.508 e. The number of hydrogen-bond acceptors (Lipinski definition) is 4. The normalized spacial score (nSPS) is 24.7. The molecule has 4 aliphatic rings. The number of aromatic hydroxyl groups is 1. The highest BCUT2D eigenvalue weighted by atomic mass is 16.3. The van der Waals surface area contributed by atoms with Crippen molar-refractivity contribution >= 4 is 23.4 Å². The highest BCUT2D eigenvalue weighted by Crippen LogP contribution is 2.60. The molecule has 3 aliphatic carbocycles. The van der Waals surface area contributed by atoms with E-state index < -0.39 is 17.7 Å². The van der Waals surface area contributed by atoms with Crippen molar-refractivity contribution in [2.24, 2.45) is 11.8 Å². The zero-order chi connectivity index (χ0) is 22.0. The lowest BCUT2D eigenvalue weighted by atomic mass is 9.55. The van der Waals surface area contributed by atoms with E-state index in [4.69, 9.17) is 0 Å². The topological polar surface area (TPSA) is 86.7 Å². The number of rotatable bonds is 3. The average molecular weight is 424 g/mol. The van der Waals surface area contributed by atoms with Crippen molar-refractivity contribution in [3.05, 3.63) is 95.1 Å². The number of phenols is 1. The molecule has 0 aromatic heterocycles. The van der Waals surface area contributed by atoms with Crippen LogP contribution in [-0.2, 0) is 14.4 Å². The Morgan fingerprint density at radius 1 is 0.781 bits per heavy atom. The van der Waals surface area contributed by atoms with E-state index >= 15 is 0 Å². The minimum absolute atomic E-state index is 0.0225. The van der Waals surface area contributed by atoms with E-state index in [9.17, 15) is 19.5 Å². The third kappa shape index (κ3) is 2.56. The number of likely N-dealkylation sites (tertiary alicyclic amines) is 1. The average Bonchev–Trinajstić information content (AvgIpc) is 3.04. The Hall–Kier alpha value is -3.93. The monoisotopic (exact) mass is 424 g/mol. The summed E-state index contributed by atoms with van der Waals surface area (Å²) in [5.41, 5.74) is 4.81. The standard InChI is InChI=1S/C26H20N2O4/c29-15-7-5-6-14(12-15)27-20(30)13-28-25(31)23-21-16-8-1-2-9-17(16)22(24(23)26(28)32)19-11-4-3-10-18(19)21/h1-12,21-24,29H,13H2,(H,27,30)/t21?,22?,23-,24+. The van der Waals surface area contributed by atoms with Gasteiger partial charge in [0, 0.05) is 23.6 Å². The zero-order valence-corrected chi connectivity index (χ0v) is 17.1. The first-order chi connectivity index (χ1) is 15.5. The molecule has 32 heavy (non-hydrogen) atoms. The van der Waals surface area contributed by atoms with Crippen molar-refractivity contribution in [3.63, 3.8) is 0 Å². The molecule has 0 saturated carbocycles. The van der Waals surface area contributed by atoms with Crippen LogP contribution in [0.5, 0.6) is 5.75 Å². The molecule has 158 valence electrons. The van der Waals surface area contributed by atoms with Gasteiger partial charge in [0.15, 0.2) is 0 Å². The van der Waals surface area contributed by atoms with Gasteiger partial charge >= 0.3 is 0 Å². The highest BCUT2D eigenvalue weighted by molar-refractivity contribution is 6.10. The van der Waals surface area contributed by atoms with Crippen molar-refractivity contribution in [2.45, 2.75) is 11.8 Å². The number of nitrogens with zero attached hydrogens (tertiary/aromatic N) is 1. The first kappa shape index (κ1) is 18.8. The molecule has 0 spiro atoms. The first-order valence-electron chi connectivity index (χ1n) is 10.7. The Morgan fingerprint density at radius 3 is 1.75 bits per heavy atom. The van der Waals surface area contributed by atoms with Gasteiger partial charge < -0.3 is 10.4 Å². The fourth-order valence-electron chi connectivity index (χ4n) is 5.82. The van der Waals surface area contributed by atoms with Gasteiger partial charge in [0.25, 0.3) is 0 Å². The van der Waals surface area contributed by atoms with Crippen LogP contribution in [-0.4, -0.2) is 34.3 Å². The number of carbonyl (C=O) groups is 3. The Kier molecular flexibility index (Phi) is 3.99. The second kappa shape index (κ2) is 6.79. The van der Waals surface area contributed by atoms with Crippen LogP contribution < -0.4 is 5.32 Å².